The van der Waals surface area contributed by atoms with Crippen LogP contribution < -0.4 is 0 Å². The first-order valence-electron chi connectivity index (χ1n) is 9.74. The maximum Gasteiger partial charge on any atom is 0.326 e. The average molecular weight is 420 g/mol. The summed E-state index contributed by atoms with van der Waals surface area (Å²) in [5.74, 6) is -3.51. The molecule has 3 rings (SSSR count). The Morgan fingerprint density at radius 1 is 0.933 bits per heavy atom. The van der Waals surface area contributed by atoms with Crippen LogP contribution in [-0.2, 0) is 32.2 Å². The Balaban J connectivity index is 1.81. The average Bonchev–Trinajstić information content (AvgIpc) is 2.77. The number of rotatable bonds is 10. The summed E-state index contributed by atoms with van der Waals surface area (Å²) in [5, 5.41) is 9.79. The van der Waals surface area contributed by atoms with Crippen LogP contribution in [0.2, 0.25) is 0 Å². The van der Waals surface area contributed by atoms with Gasteiger partial charge in [0.05, 0.1) is 26.4 Å². The summed E-state index contributed by atoms with van der Waals surface area (Å²) in [5.41, 5.74) is 1.55. The number of ether oxygens (including phenoxy) is 4. The molecule has 0 aliphatic carbocycles. The molecule has 1 heterocycles. The molecule has 0 unspecified atom stereocenters. The topological polar surface area (TPSA) is 57.2 Å². The molecule has 2 aromatic rings. The van der Waals surface area contributed by atoms with Crippen LogP contribution in [0.3, 0.4) is 0 Å². The second-order valence-electron chi connectivity index (χ2n) is 6.96. The molecule has 1 saturated heterocycles. The quantitative estimate of drug-likeness (QED) is 0.594. The zero-order chi connectivity index (χ0) is 21.4. The molecular formula is C23H26F2O5. The lowest BCUT2D eigenvalue weighted by Crippen LogP contribution is -2.64. The van der Waals surface area contributed by atoms with Crippen LogP contribution in [0.25, 0.3) is 0 Å². The van der Waals surface area contributed by atoms with Gasteiger partial charge >= 0.3 is 5.92 Å². The van der Waals surface area contributed by atoms with Crippen molar-refractivity contribution in [3.05, 3.63) is 84.4 Å². The van der Waals surface area contributed by atoms with E-state index in [0.29, 0.717) is 0 Å². The van der Waals surface area contributed by atoms with Gasteiger partial charge in [0.15, 0.2) is 6.10 Å². The van der Waals surface area contributed by atoms with Crippen LogP contribution in [0.5, 0.6) is 0 Å². The lowest BCUT2D eigenvalue weighted by molar-refractivity contribution is -0.368. The molecule has 1 aliphatic heterocycles. The van der Waals surface area contributed by atoms with Gasteiger partial charge in [-0.15, -0.1) is 6.58 Å². The van der Waals surface area contributed by atoms with E-state index in [9.17, 15) is 5.11 Å². The molecule has 1 aliphatic rings. The van der Waals surface area contributed by atoms with Crippen LogP contribution in [0.15, 0.2) is 73.3 Å². The third-order valence-corrected chi connectivity index (χ3v) is 4.76. The van der Waals surface area contributed by atoms with E-state index in [1.54, 1.807) is 24.3 Å². The van der Waals surface area contributed by atoms with Crippen molar-refractivity contribution in [2.45, 2.75) is 43.7 Å². The van der Waals surface area contributed by atoms with Gasteiger partial charge in [-0.05, 0) is 11.1 Å². The van der Waals surface area contributed by atoms with E-state index in [1.807, 2.05) is 36.4 Å². The van der Waals surface area contributed by atoms with Crippen molar-refractivity contribution in [1.82, 2.24) is 0 Å². The van der Waals surface area contributed by atoms with Crippen LogP contribution >= 0.6 is 0 Å². The molecule has 0 saturated carbocycles. The summed E-state index contributed by atoms with van der Waals surface area (Å²) >= 11 is 0. The van der Waals surface area contributed by atoms with Gasteiger partial charge in [0, 0.05) is 0 Å². The van der Waals surface area contributed by atoms with E-state index in [1.165, 1.54) is 6.08 Å². The van der Waals surface area contributed by atoms with E-state index in [0.717, 1.165) is 11.1 Å². The van der Waals surface area contributed by atoms with Crippen molar-refractivity contribution in [3.8, 4) is 0 Å². The second-order valence-corrected chi connectivity index (χ2v) is 6.96. The Hall–Kier alpha value is -2.16. The number of aliphatic hydroxyl groups is 1. The molecule has 1 fully saturated rings. The first-order chi connectivity index (χ1) is 14.6. The molecule has 2 aromatic carbocycles. The molecule has 30 heavy (non-hydrogen) atoms. The lowest BCUT2D eigenvalue weighted by Gasteiger charge is -2.45. The van der Waals surface area contributed by atoms with Crippen LogP contribution in [0.4, 0.5) is 8.78 Å². The third kappa shape index (κ3) is 5.50. The highest BCUT2D eigenvalue weighted by Crippen LogP contribution is 2.39. The Kier molecular flexibility index (Phi) is 8.07. The lowest BCUT2D eigenvalue weighted by atomic mass is 9.97. The highest BCUT2D eigenvalue weighted by Gasteiger charge is 2.60. The van der Waals surface area contributed by atoms with E-state index in [2.05, 4.69) is 6.58 Å². The summed E-state index contributed by atoms with van der Waals surface area (Å²) < 4.78 is 52.5. The Labute approximate surface area is 174 Å². The predicted molar refractivity (Wildman–Crippen MR) is 107 cm³/mol. The molecule has 1 N–H and O–H groups in total. The zero-order valence-corrected chi connectivity index (χ0v) is 16.5. The summed E-state index contributed by atoms with van der Waals surface area (Å²) in [6.07, 6.45) is -4.45. The Morgan fingerprint density at radius 2 is 1.50 bits per heavy atom. The highest BCUT2D eigenvalue weighted by atomic mass is 19.3. The summed E-state index contributed by atoms with van der Waals surface area (Å²) in [6, 6.07) is 18.2. The van der Waals surface area contributed by atoms with E-state index in [4.69, 9.17) is 18.9 Å². The molecular weight excluding hydrogens is 394 g/mol. The van der Waals surface area contributed by atoms with Crippen LogP contribution in [0, 0.1) is 0 Å². The van der Waals surface area contributed by atoms with Crippen LogP contribution in [-0.4, -0.2) is 48.8 Å². The smallest absolute Gasteiger partial charge is 0.326 e. The molecule has 5 nitrogen and oxygen atoms in total. The fourth-order valence-electron chi connectivity index (χ4n) is 3.26. The van der Waals surface area contributed by atoms with Gasteiger partial charge in [0.1, 0.15) is 12.2 Å². The van der Waals surface area contributed by atoms with Gasteiger partial charge in [0.25, 0.3) is 0 Å². The maximum absolute atomic E-state index is 15.3. The normalized spacial score (nSPS) is 25.7. The van der Waals surface area contributed by atoms with Crippen molar-refractivity contribution in [2.75, 3.05) is 13.2 Å². The second kappa shape index (κ2) is 10.7. The van der Waals surface area contributed by atoms with E-state index in [-0.39, 0.29) is 19.8 Å². The van der Waals surface area contributed by atoms with Crippen molar-refractivity contribution >= 4 is 0 Å². The first-order valence-corrected chi connectivity index (χ1v) is 9.74. The van der Waals surface area contributed by atoms with Crippen molar-refractivity contribution in [2.24, 2.45) is 0 Å². The predicted octanol–water partition coefficient (Wildman–Crippen LogP) is 3.71. The number of hydrogen-bond donors (Lipinski definition) is 1. The molecule has 0 spiro atoms. The largest absolute Gasteiger partial charge is 0.394 e. The molecule has 0 bridgehead atoms. The fraction of sp³-hybridized carbons (Fsp3) is 0.391. The van der Waals surface area contributed by atoms with Crippen molar-refractivity contribution in [1.29, 1.82) is 0 Å². The number of hydrogen-bond acceptors (Lipinski definition) is 5. The van der Waals surface area contributed by atoms with Gasteiger partial charge in [-0.25, -0.2) is 0 Å². The minimum absolute atomic E-state index is 0.0430. The van der Waals surface area contributed by atoms with E-state index >= 15 is 8.78 Å². The van der Waals surface area contributed by atoms with Gasteiger partial charge in [-0.2, -0.15) is 8.78 Å². The minimum atomic E-state index is -3.51. The van der Waals surface area contributed by atoms with Gasteiger partial charge < -0.3 is 24.1 Å². The standard InChI is InChI=1S/C23H26F2O5/c1-2-13-27-22-23(24,25)21(29-16-18-11-7-4-8-12-18)20(19(14-26)30-22)28-15-17-9-5-3-6-10-17/h2-12,19-22,26H,1,13-16H2/t19-,20-,21+,22-/m1/s1. The number of alkyl halides is 2. The van der Waals surface area contributed by atoms with E-state index < -0.39 is 37.1 Å². The summed E-state index contributed by atoms with van der Waals surface area (Å²) in [4.78, 5) is 0. The Morgan fingerprint density at radius 3 is 2.03 bits per heavy atom. The molecule has 4 atom stereocenters. The van der Waals surface area contributed by atoms with Gasteiger partial charge in [0.2, 0.25) is 6.29 Å². The Bertz CT molecular complexity index is 772. The SMILES string of the molecule is C=CCO[C@@H]1O[C@H](CO)[C@@H](OCc2ccccc2)[C@H](OCc2ccccc2)C1(F)F. The molecule has 162 valence electrons. The maximum atomic E-state index is 15.3. The molecule has 7 heteroatoms. The third-order valence-electron chi connectivity index (χ3n) is 4.76. The summed E-state index contributed by atoms with van der Waals surface area (Å²) in [7, 11) is 0. The minimum Gasteiger partial charge on any atom is -0.394 e. The van der Waals surface area contributed by atoms with Crippen molar-refractivity contribution < 1.29 is 32.8 Å². The highest BCUT2D eigenvalue weighted by molar-refractivity contribution is 5.15. The fourth-order valence-corrected chi connectivity index (χ4v) is 3.26. The number of benzene rings is 2. The zero-order valence-electron chi connectivity index (χ0n) is 16.5. The summed E-state index contributed by atoms with van der Waals surface area (Å²) in [6.45, 7) is 2.86. The monoisotopic (exact) mass is 420 g/mol. The molecule has 0 radical (unpaired) electrons. The van der Waals surface area contributed by atoms with Crippen molar-refractivity contribution in [3.63, 3.8) is 0 Å². The molecule has 0 aromatic heterocycles. The first kappa shape index (κ1) is 22.5. The van der Waals surface area contributed by atoms with Gasteiger partial charge in [-0.3, -0.25) is 0 Å². The van der Waals surface area contributed by atoms with Gasteiger partial charge in [-0.1, -0.05) is 66.7 Å². The number of aliphatic hydroxyl groups excluding tert-OH is 1. The molecule has 0 amide bonds. The number of halogens is 2. The van der Waals surface area contributed by atoms with Crippen LogP contribution in [0.1, 0.15) is 11.1 Å².